The molecule has 14 heavy (non-hydrogen) atoms. The quantitative estimate of drug-likeness (QED) is 0.596. The molecule has 5 heteroatoms. The minimum absolute atomic E-state index is 0.128. The molecular formula is C9H18F2N2O. The van der Waals surface area contributed by atoms with Crippen LogP contribution in [-0.4, -0.2) is 50.2 Å². The number of halogens is 2. The van der Waals surface area contributed by atoms with Gasteiger partial charge in [0.25, 0.3) is 6.43 Å². The van der Waals surface area contributed by atoms with Gasteiger partial charge in [0.05, 0.1) is 19.8 Å². The van der Waals surface area contributed by atoms with Gasteiger partial charge in [-0.1, -0.05) is 0 Å². The Kier molecular flexibility index (Phi) is 5.29. The van der Waals surface area contributed by atoms with E-state index in [1.807, 2.05) is 0 Å². The highest BCUT2D eigenvalue weighted by Gasteiger charge is 2.30. The summed E-state index contributed by atoms with van der Waals surface area (Å²) in [5.74, 6) is 0. The van der Waals surface area contributed by atoms with Crippen LogP contribution >= 0.6 is 0 Å². The van der Waals surface area contributed by atoms with E-state index < -0.39 is 6.43 Å². The van der Waals surface area contributed by atoms with Crippen LogP contribution in [0.4, 0.5) is 8.78 Å². The molecule has 0 aromatic rings. The molecule has 1 saturated carbocycles. The molecule has 0 saturated heterocycles. The first-order chi connectivity index (χ1) is 6.74. The maximum Gasteiger partial charge on any atom is 0.251 e. The zero-order valence-electron chi connectivity index (χ0n) is 8.29. The summed E-state index contributed by atoms with van der Waals surface area (Å²) < 4.78 is 29.5. The van der Waals surface area contributed by atoms with Crippen molar-refractivity contribution in [1.82, 2.24) is 4.90 Å². The first kappa shape index (κ1) is 11.8. The summed E-state index contributed by atoms with van der Waals surface area (Å²) in [7, 11) is 0. The van der Waals surface area contributed by atoms with E-state index in [4.69, 9.17) is 10.5 Å². The predicted octanol–water partition coefficient (Wildman–Crippen LogP) is 0.691. The van der Waals surface area contributed by atoms with Gasteiger partial charge in [0.1, 0.15) is 0 Å². The molecule has 0 heterocycles. The fourth-order valence-corrected chi connectivity index (χ4v) is 1.41. The van der Waals surface area contributed by atoms with E-state index in [1.165, 1.54) is 0 Å². The number of nitrogens with zero attached hydrogens (tertiary/aromatic N) is 1. The zero-order chi connectivity index (χ0) is 10.4. The summed E-state index contributed by atoms with van der Waals surface area (Å²) in [5, 5.41) is 0. The highest BCUT2D eigenvalue weighted by molar-refractivity contribution is 4.84. The molecule has 0 aliphatic heterocycles. The lowest BCUT2D eigenvalue weighted by Crippen LogP contribution is -2.34. The number of rotatable bonds is 8. The smallest absolute Gasteiger partial charge is 0.251 e. The number of hydrogen-bond acceptors (Lipinski definition) is 3. The molecule has 2 N–H and O–H groups in total. The molecule has 3 nitrogen and oxygen atoms in total. The third-order valence-corrected chi connectivity index (χ3v) is 2.22. The molecule has 0 unspecified atom stereocenters. The fraction of sp³-hybridized carbons (Fsp3) is 1.00. The van der Waals surface area contributed by atoms with E-state index in [-0.39, 0.29) is 6.54 Å². The summed E-state index contributed by atoms with van der Waals surface area (Å²) in [6, 6.07) is 0.366. The number of hydrogen-bond donors (Lipinski definition) is 1. The minimum Gasteiger partial charge on any atom is -0.379 e. The largest absolute Gasteiger partial charge is 0.379 e. The Bertz CT molecular complexity index is 154. The van der Waals surface area contributed by atoms with E-state index in [0.29, 0.717) is 32.3 Å². The Hall–Kier alpha value is -0.260. The van der Waals surface area contributed by atoms with Crippen molar-refractivity contribution < 1.29 is 13.5 Å². The lowest BCUT2D eigenvalue weighted by atomic mass is 10.4. The molecule has 1 rings (SSSR count). The van der Waals surface area contributed by atoms with Gasteiger partial charge in [0.15, 0.2) is 0 Å². The van der Waals surface area contributed by atoms with E-state index in [1.54, 1.807) is 4.90 Å². The Morgan fingerprint density at radius 3 is 2.57 bits per heavy atom. The van der Waals surface area contributed by atoms with Gasteiger partial charge in [-0.2, -0.15) is 0 Å². The second kappa shape index (κ2) is 6.27. The Labute approximate surface area is 83.2 Å². The molecule has 0 aromatic carbocycles. The molecule has 1 aliphatic rings. The van der Waals surface area contributed by atoms with E-state index in [9.17, 15) is 8.78 Å². The molecule has 1 fully saturated rings. The minimum atomic E-state index is -2.25. The predicted molar refractivity (Wildman–Crippen MR) is 50.5 cm³/mol. The summed E-state index contributed by atoms with van der Waals surface area (Å²) in [6.45, 7) is 1.96. The summed E-state index contributed by atoms with van der Waals surface area (Å²) >= 11 is 0. The van der Waals surface area contributed by atoms with E-state index in [2.05, 4.69) is 0 Å². The first-order valence-electron chi connectivity index (χ1n) is 5.04. The summed E-state index contributed by atoms with van der Waals surface area (Å²) in [4.78, 5) is 1.81. The van der Waals surface area contributed by atoms with E-state index >= 15 is 0 Å². The SMILES string of the molecule is NCCOCCN(CC(F)F)C1CC1. The molecule has 0 radical (unpaired) electrons. The molecule has 0 bridgehead atoms. The molecular weight excluding hydrogens is 190 g/mol. The summed E-state index contributed by atoms with van der Waals surface area (Å²) in [5.41, 5.74) is 5.24. The number of nitrogens with two attached hydrogens (primary N) is 1. The van der Waals surface area contributed by atoms with Gasteiger partial charge in [0.2, 0.25) is 0 Å². The molecule has 84 valence electrons. The van der Waals surface area contributed by atoms with Crippen molar-refractivity contribution in [3.63, 3.8) is 0 Å². The normalized spacial score (nSPS) is 16.9. The van der Waals surface area contributed by atoms with Crippen LogP contribution in [0.25, 0.3) is 0 Å². The zero-order valence-corrected chi connectivity index (χ0v) is 8.29. The Balaban J connectivity index is 2.09. The second-order valence-electron chi connectivity index (χ2n) is 3.52. The highest BCUT2D eigenvalue weighted by Crippen LogP contribution is 2.26. The van der Waals surface area contributed by atoms with Crippen LogP contribution in [0.5, 0.6) is 0 Å². The number of ether oxygens (including phenoxy) is 1. The van der Waals surface area contributed by atoms with Crippen molar-refractivity contribution >= 4 is 0 Å². The van der Waals surface area contributed by atoms with Crippen LogP contribution in [0.3, 0.4) is 0 Å². The average Bonchev–Trinajstić information content (AvgIpc) is 2.92. The molecule has 0 aromatic heterocycles. The lowest BCUT2D eigenvalue weighted by Gasteiger charge is -2.21. The van der Waals surface area contributed by atoms with Crippen molar-refractivity contribution in [1.29, 1.82) is 0 Å². The van der Waals surface area contributed by atoms with Crippen molar-refractivity contribution in [3.8, 4) is 0 Å². The lowest BCUT2D eigenvalue weighted by molar-refractivity contribution is 0.0572. The molecule has 0 spiro atoms. The highest BCUT2D eigenvalue weighted by atomic mass is 19.3. The second-order valence-corrected chi connectivity index (χ2v) is 3.52. The van der Waals surface area contributed by atoms with Crippen molar-refractivity contribution in [2.45, 2.75) is 25.3 Å². The van der Waals surface area contributed by atoms with Crippen LogP contribution in [-0.2, 0) is 4.74 Å². The van der Waals surface area contributed by atoms with E-state index in [0.717, 1.165) is 12.8 Å². The van der Waals surface area contributed by atoms with Crippen LogP contribution < -0.4 is 5.73 Å². The van der Waals surface area contributed by atoms with Crippen LogP contribution in [0.2, 0.25) is 0 Å². The first-order valence-corrected chi connectivity index (χ1v) is 5.04. The van der Waals surface area contributed by atoms with Crippen LogP contribution in [0.1, 0.15) is 12.8 Å². The fourth-order valence-electron chi connectivity index (χ4n) is 1.41. The topological polar surface area (TPSA) is 38.5 Å². The number of alkyl halides is 2. The average molecular weight is 208 g/mol. The maximum atomic E-state index is 12.1. The van der Waals surface area contributed by atoms with Crippen molar-refractivity contribution in [2.24, 2.45) is 5.73 Å². The molecule has 0 atom stereocenters. The summed E-state index contributed by atoms with van der Waals surface area (Å²) in [6.07, 6.45) is -0.155. The third-order valence-electron chi connectivity index (χ3n) is 2.22. The van der Waals surface area contributed by atoms with Gasteiger partial charge < -0.3 is 10.5 Å². The maximum absolute atomic E-state index is 12.1. The third kappa shape index (κ3) is 4.83. The Morgan fingerprint density at radius 2 is 2.07 bits per heavy atom. The van der Waals surface area contributed by atoms with Crippen LogP contribution in [0.15, 0.2) is 0 Å². The standard InChI is InChI=1S/C9H18F2N2O/c10-9(11)7-13(8-1-2-8)4-6-14-5-3-12/h8-9H,1-7,12H2. The van der Waals surface area contributed by atoms with Gasteiger partial charge in [-0.05, 0) is 12.8 Å². The monoisotopic (exact) mass is 208 g/mol. The molecule has 1 aliphatic carbocycles. The molecule has 0 amide bonds. The van der Waals surface area contributed by atoms with Crippen molar-refractivity contribution in [3.05, 3.63) is 0 Å². The van der Waals surface area contributed by atoms with Gasteiger partial charge in [-0.15, -0.1) is 0 Å². The van der Waals surface area contributed by atoms with Crippen LogP contribution in [0, 0.1) is 0 Å². The van der Waals surface area contributed by atoms with Gasteiger partial charge >= 0.3 is 0 Å². The Morgan fingerprint density at radius 1 is 1.36 bits per heavy atom. The van der Waals surface area contributed by atoms with Gasteiger partial charge in [-0.25, -0.2) is 8.78 Å². The van der Waals surface area contributed by atoms with Gasteiger partial charge in [-0.3, -0.25) is 4.90 Å². The van der Waals surface area contributed by atoms with Crippen molar-refractivity contribution in [2.75, 3.05) is 32.8 Å². The van der Waals surface area contributed by atoms with Gasteiger partial charge in [0, 0.05) is 19.1 Å².